The average molecular weight is 455 g/mol. The number of ether oxygens (including phenoxy) is 3. The second-order valence-electron chi connectivity index (χ2n) is 9.62. The van der Waals surface area contributed by atoms with Gasteiger partial charge in [-0.05, 0) is 50.0 Å². The molecule has 0 N–H and O–H groups in total. The molecule has 4 nitrogen and oxygen atoms in total. The molecule has 182 valence electrons. The zero-order valence-electron chi connectivity index (χ0n) is 20.7. The number of unbranched alkanes of at least 4 members (excludes halogenated alkanes) is 3. The van der Waals surface area contributed by atoms with Crippen LogP contribution in [0.3, 0.4) is 0 Å². The lowest BCUT2D eigenvalue weighted by molar-refractivity contribution is -0.139. The highest BCUT2D eigenvalue weighted by molar-refractivity contribution is 5.90. The van der Waals surface area contributed by atoms with E-state index >= 15 is 0 Å². The van der Waals surface area contributed by atoms with E-state index < -0.39 is 0 Å². The van der Waals surface area contributed by atoms with Gasteiger partial charge in [0.25, 0.3) is 0 Å². The lowest BCUT2D eigenvalue weighted by Crippen LogP contribution is -2.43. The molecule has 2 aliphatic rings. The molecule has 1 aliphatic heterocycles. The monoisotopic (exact) mass is 454 g/mol. The third-order valence-corrected chi connectivity index (χ3v) is 7.36. The largest absolute Gasteiger partial charge is 0.491 e. The maximum atomic E-state index is 12.7. The third kappa shape index (κ3) is 6.72. The smallest absolute Gasteiger partial charge is 0.337 e. The van der Waals surface area contributed by atoms with E-state index in [0.717, 1.165) is 25.0 Å². The number of allylic oxidation sites excluding steroid dienone is 2. The Kier molecular flexibility index (Phi) is 10.1. The van der Waals surface area contributed by atoms with Crippen LogP contribution in [0.5, 0.6) is 0 Å². The summed E-state index contributed by atoms with van der Waals surface area (Å²) in [5.41, 5.74) is 1.67. The standard InChI is InChI=1S/C29H42O4/c1-4-6-7-11-16-25-17-12-19-29(25)21-24(5-2)27(28(30)31-3)26(33-29)18-13-20-32-22-23-14-9-8-10-15-23/h5,8-10,14-15,24-25H,2,4,6-7,11-13,16-22H2,1,3H3/t24-,25+,29-/m1/s1. The molecule has 3 atom stereocenters. The lowest BCUT2D eigenvalue weighted by atomic mass is 9.75. The van der Waals surface area contributed by atoms with Crippen LogP contribution >= 0.6 is 0 Å². The van der Waals surface area contributed by atoms with Gasteiger partial charge in [0.05, 0.1) is 19.3 Å². The molecule has 33 heavy (non-hydrogen) atoms. The first-order valence-corrected chi connectivity index (χ1v) is 12.9. The summed E-state index contributed by atoms with van der Waals surface area (Å²) in [6, 6.07) is 10.2. The molecular formula is C29H42O4. The first kappa shape index (κ1) is 25.6. The molecular weight excluding hydrogens is 412 g/mol. The SMILES string of the molecule is C=C[C@@H]1C[C@@]2(CCC[C@@H]2CCCCCC)OC(CCCOCc2ccccc2)=C1C(=O)OC. The van der Waals surface area contributed by atoms with Crippen molar-refractivity contribution in [2.75, 3.05) is 13.7 Å². The van der Waals surface area contributed by atoms with Crippen LogP contribution in [0.15, 0.2) is 54.3 Å². The van der Waals surface area contributed by atoms with E-state index in [1.807, 2.05) is 24.3 Å². The van der Waals surface area contributed by atoms with Crippen LogP contribution in [0.2, 0.25) is 0 Å². The molecule has 3 rings (SSSR count). The Morgan fingerprint density at radius 2 is 2.03 bits per heavy atom. The fourth-order valence-corrected chi connectivity index (χ4v) is 5.63. The second-order valence-corrected chi connectivity index (χ2v) is 9.62. The normalized spacial score (nSPS) is 24.7. The zero-order chi connectivity index (χ0) is 23.5. The van der Waals surface area contributed by atoms with Crippen molar-refractivity contribution in [3.8, 4) is 0 Å². The quantitative estimate of drug-likeness (QED) is 0.180. The van der Waals surface area contributed by atoms with Gasteiger partial charge in [0.2, 0.25) is 0 Å². The molecule has 0 unspecified atom stereocenters. The van der Waals surface area contributed by atoms with Crippen molar-refractivity contribution < 1.29 is 19.0 Å². The average Bonchev–Trinajstić information content (AvgIpc) is 3.22. The molecule has 1 fully saturated rings. The van der Waals surface area contributed by atoms with Crippen LogP contribution in [0.4, 0.5) is 0 Å². The number of hydrogen-bond donors (Lipinski definition) is 0. The van der Waals surface area contributed by atoms with Crippen LogP contribution in [0.25, 0.3) is 0 Å². The number of rotatable bonds is 13. The molecule has 0 aromatic heterocycles. The van der Waals surface area contributed by atoms with Crippen molar-refractivity contribution in [3.05, 3.63) is 59.9 Å². The maximum Gasteiger partial charge on any atom is 0.337 e. The Morgan fingerprint density at radius 1 is 1.21 bits per heavy atom. The molecule has 1 saturated carbocycles. The Morgan fingerprint density at radius 3 is 2.76 bits per heavy atom. The minimum atomic E-state index is -0.285. The van der Waals surface area contributed by atoms with Gasteiger partial charge in [-0.3, -0.25) is 0 Å². The predicted octanol–water partition coefficient (Wildman–Crippen LogP) is 7.14. The number of esters is 1. The lowest BCUT2D eigenvalue weighted by Gasteiger charge is -2.44. The van der Waals surface area contributed by atoms with Crippen LogP contribution in [-0.4, -0.2) is 25.3 Å². The minimum absolute atomic E-state index is 0.0114. The third-order valence-electron chi connectivity index (χ3n) is 7.36. The number of methoxy groups -OCH3 is 1. The van der Waals surface area contributed by atoms with Gasteiger partial charge in [-0.25, -0.2) is 4.79 Å². The van der Waals surface area contributed by atoms with Crippen LogP contribution in [0, 0.1) is 11.8 Å². The Balaban J connectivity index is 1.67. The Labute approximate surface area is 200 Å². The summed E-state index contributed by atoms with van der Waals surface area (Å²) in [6.07, 6.45) is 14.1. The van der Waals surface area contributed by atoms with E-state index in [0.29, 0.717) is 31.1 Å². The molecule has 1 aromatic carbocycles. The highest BCUT2D eigenvalue weighted by Crippen LogP contribution is 2.51. The van der Waals surface area contributed by atoms with Crippen molar-refractivity contribution in [2.45, 2.75) is 89.8 Å². The highest BCUT2D eigenvalue weighted by atomic mass is 16.5. The van der Waals surface area contributed by atoms with Crippen LogP contribution in [-0.2, 0) is 25.6 Å². The van der Waals surface area contributed by atoms with Gasteiger partial charge in [0, 0.05) is 18.9 Å². The molecule has 0 amide bonds. The Bertz CT molecular complexity index is 784. The molecule has 1 spiro atoms. The highest BCUT2D eigenvalue weighted by Gasteiger charge is 2.50. The number of carbonyl (C=O) groups excluding carboxylic acids is 1. The molecule has 0 saturated heterocycles. The van der Waals surface area contributed by atoms with E-state index in [1.165, 1.54) is 57.6 Å². The van der Waals surface area contributed by atoms with Gasteiger partial charge in [-0.15, -0.1) is 6.58 Å². The van der Waals surface area contributed by atoms with Gasteiger partial charge < -0.3 is 14.2 Å². The van der Waals surface area contributed by atoms with Gasteiger partial charge in [0.15, 0.2) is 0 Å². The van der Waals surface area contributed by atoms with Crippen molar-refractivity contribution in [2.24, 2.45) is 11.8 Å². The van der Waals surface area contributed by atoms with Crippen molar-refractivity contribution >= 4 is 5.97 Å². The predicted molar refractivity (Wildman–Crippen MR) is 133 cm³/mol. The number of carbonyl (C=O) groups is 1. The van der Waals surface area contributed by atoms with Crippen molar-refractivity contribution in [1.82, 2.24) is 0 Å². The van der Waals surface area contributed by atoms with Gasteiger partial charge >= 0.3 is 5.97 Å². The van der Waals surface area contributed by atoms with E-state index in [9.17, 15) is 4.79 Å². The van der Waals surface area contributed by atoms with E-state index in [4.69, 9.17) is 14.2 Å². The van der Waals surface area contributed by atoms with Gasteiger partial charge in [0.1, 0.15) is 11.4 Å². The molecule has 1 aromatic rings. The molecule has 1 aliphatic carbocycles. The van der Waals surface area contributed by atoms with Gasteiger partial charge in [-0.1, -0.05) is 69.0 Å². The summed E-state index contributed by atoms with van der Waals surface area (Å²) in [5, 5.41) is 0. The topological polar surface area (TPSA) is 44.8 Å². The summed E-state index contributed by atoms with van der Waals surface area (Å²) in [6.45, 7) is 7.56. The molecule has 4 heteroatoms. The molecule has 0 bridgehead atoms. The van der Waals surface area contributed by atoms with Gasteiger partial charge in [-0.2, -0.15) is 0 Å². The summed E-state index contributed by atoms with van der Waals surface area (Å²) in [7, 11) is 1.45. The summed E-state index contributed by atoms with van der Waals surface area (Å²) >= 11 is 0. The van der Waals surface area contributed by atoms with E-state index in [2.05, 4.69) is 25.6 Å². The summed E-state index contributed by atoms with van der Waals surface area (Å²) in [5.74, 6) is 1.07. The molecule has 1 heterocycles. The van der Waals surface area contributed by atoms with Crippen LogP contribution in [0.1, 0.15) is 83.1 Å². The summed E-state index contributed by atoms with van der Waals surface area (Å²) < 4.78 is 17.8. The zero-order valence-corrected chi connectivity index (χ0v) is 20.7. The maximum absolute atomic E-state index is 12.7. The second kappa shape index (κ2) is 13.0. The van der Waals surface area contributed by atoms with Crippen LogP contribution < -0.4 is 0 Å². The van der Waals surface area contributed by atoms with E-state index in [-0.39, 0.29) is 17.5 Å². The molecule has 0 radical (unpaired) electrons. The van der Waals surface area contributed by atoms with E-state index in [1.54, 1.807) is 0 Å². The first-order chi connectivity index (χ1) is 16.1. The van der Waals surface area contributed by atoms with Crippen molar-refractivity contribution in [3.63, 3.8) is 0 Å². The minimum Gasteiger partial charge on any atom is -0.491 e. The summed E-state index contributed by atoms with van der Waals surface area (Å²) in [4.78, 5) is 12.7. The Hall–Kier alpha value is -2.07. The fourth-order valence-electron chi connectivity index (χ4n) is 5.63. The first-order valence-electron chi connectivity index (χ1n) is 12.9. The number of benzene rings is 1. The number of hydrogen-bond acceptors (Lipinski definition) is 4. The fraction of sp³-hybridized carbons (Fsp3) is 0.621. The van der Waals surface area contributed by atoms with Crippen molar-refractivity contribution in [1.29, 1.82) is 0 Å².